The molecule has 0 unspecified atom stereocenters. The van der Waals surface area contributed by atoms with Crippen molar-refractivity contribution in [3.8, 4) is 0 Å². The predicted octanol–water partition coefficient (Wildman–Crippen LogP) is 2.86. The largest absolute Gasteiger partial charge is 0.357 e. The molecule has 0 bridgehead atoms. The lowest BCUT2D eigenvalue weighted by Crippen LogP contribution is -2.01. The van der Waals surface area contributed by atoms with Gasteiger partial charge in [0.25, 0.3) is 0 Å². The monoisotopic (exact) mass is 223 g/mol. The normalized spacial score (nSPS) is 16.9. The topological polar surface area (TPSA) is 37.8 Å². The Kier molecular flexibility index (Phi) is 3.46. The van der Waals surface area contributed by atoms with Crippen LogP contribution in [0.4, 0.5) is 5.95 Å². The van der Waals surface area contributed by atoms with E-state index in [1.807, 2.05) is 25.7 Å². The zero-order valence-electron chi connectivity index (χ0n) is 9.29. The highest BCUT2D eigenvalue weighted by Gasteiger charge is 2.17. The molecule has 0 aliphatic heterocycles. The molecule has 0 spiro atoms. The van der Waals surface area contributed by atoms with Gasteiger partial charge < -0.3 is 5.32 Å². The fourth-order valence-corrected chi connectivity index (χ4v) is 3.18. The molecule has 0 aromatic carbocycles. The minimum atomic E-state index is 0.732. The number of hydrogen-bond acceptors (Lipinski definition) is 4. The predicted molar refractivity (Wildman–Crippen MR) is 64.4 cm³/mol. The lowest BCUT2D eigenvalue weighted by Gasteiger charge is -2.09. The van der Waals surface area contributed by atoms with Gasteiger partial charge in [-0.25, -0.2) is 9.97 Å². The van der Waals surface area contributed by atoms with Crippen LogP contribution in [0.2, 0.25) is 0 Å². The second-order valence-electron chi connectivity index (χ2n) is 3.95. The molecule has 82 valence electrons. The number of thioether (sulfide) groups is 1. The zero-order valence-corrected chi connectivity index (χ0v) is 10.1. The first-order chi connectivity index (χ1) is 7.28. The summed E-state index contributed by atoms with van der Waals surface area (Å²) >= 11 is 1.90. The number of aromatic nitrogens is 2. The highest BCUT2D eigenvalue weighted by atomic mass is 32.2. The van der Waals surface area contributed by atoms with Crippen LogP contribution in [-0.2, 0) is 0 Å². The highest BCUT2D eigenvalue weighted by molar-refractivity contribution is 7.99. The van der Waals surface area contributed by atoms with Gasteiger partial charge in [-0.1, -0.05) is 12.8 Å². The summed E-state index contributed by atoms with van der Waals surface area (Å²) in [6.07, 6.45) is 5.42. The quantitative estimate of drug-likeness (QED) is 0.800. The Labute approximate surface area is 95.1 Å². The Balaban J connectivity index is 2.09. The van der Waals surface area contributed by atoms with Gasteiger partial charge in [-0.2, -0.15) is 0 Å². The van der Waals surface area contributed by atoms with Gasteiger partial charge in [0.15, 0.2) is 0 Å². The maximum atomic E-state index is 4.46. The van der Waals surface area contributed by atoms with Gasteiger partial charge >= 0.3 is 0 Å². The van der Waals surface area contributed by atoms with Crippen LogP contribution in [0.3, 0.4) is 0 Å². The summed E-state index contributed by atoms with van der Waals surface area (Å²) in [5.41, 5.74) is 1.04. The third-order valence-corrected chi connectivity index (χ3v) is 3.90. The Bertz CT molecular complexity index is 335. The fraction of sp³-hybridized carbons (Fsp3) is 0.636. The Morgan fingerprint density at radius 3 is 2.73 bits per heavy atom. The van der Waals surface area contributed by atoms with Crippen LogP contribution in [0, 0.1) is 6.92 Å². The molecule has 0 atom stereocenters. The lowest BCUT2D eigenvalue weighted by molar-refractivity contribution is 0.886. The van der Waals surface area contributed by atoms with E-state index in [1.54, 1.807) is 0 Å². The van der Waals surface area contributed by atoms with Crippen molar-refractivity contribution in [2.45, 2.75) is 42.9 Å². The lowest BCUT2D eigenvalue weighted by atomic mass is 10.4. The van der Waals surface area contributed by atoms with E-state index < -0.39 is 0 Å². The molecular formula is C11H17N3S. The second-order valence-corrected chi connectivity index (χ2v) is 5.27. The summed E-state index contributed by atoms with van der Waals surface area (Å²) in [5, 5.41) is 4.88. The molecule has 4 heteroatoms. The summed E-state index contributed by atoms with van der Waals surface area (Å²) < 4.78 is 0. The number of nitrogens with one attached hydrogen (secondary N) is 1. The molecule has 15 heavy (non-hydrogen) atoms. The van der Waals surface area contributed by atoms with Crippen molar-refractivity contribution in [3.63, 3.8) is 0 Å². The third-order valence-electron chi connectivity index (χ3n) is 2.64. The molecule has 0 radical (unpaired) electrons. The summed E-state index contributed by atoms with van der Waals surface area (Å²) in [6, 6.07) is 2.07. The van der Waals surface area contributed by atoms with E-state index in [0.717, 1.165) is 21.9 Å². The molecule has 0 saturated heterocycles. The van der Waals surface area contributed by atoms with Crippen molar-refractivity contribution < 1.29 is 0 Å². The maximum Gasteiger partial charge on any atom is 0.223 e. The van der Waals surface area contributed by atoms with Gasteiger partial charge in [0, 0.05) is 18.0 Å². The minimum Gasteiger partial charge on any atom is -0.357 e. The summed E-state index contributed by atoms with van der Waals surface area (Å²) in [6.45, 7) is 2.02. The molecule has 1 fully saturated rings. The summed E-state index contributed by atoms with van der Waals surface area (Å²) in [5.74, 6) is 0.732. The van der Waals surface area contributed by atoms with Crippen molar-refractivity contribution >= 4 is 17.7 Å². The van der Waals surface area contributed by atoms with E-state index in [9.17, 15) is 0 Å². The second kappa shape index (κ2) is 4.84. The molecular weight excluding hydrogens is 206 g/mol. The van der Waals surface area contributed by atoms with Crippen molar-refractivity contribution in [2.24, 2.45) is 0 Å². The van der Waals surface area contributed by atoms with Gasteiger partial charge in [0.05, 0.1) is 0 Å². The average Bonchev–Trinajstić information content (AvgIpc) is 2.69. The first-order valence-electron chi connectivity index (χ1n) is 5.48. The number of aryl methyl sites for hydroxylation is 1. The fourth-order valence-electron chi connectivity index (χ4n) is 1.89. The molecule has 0 amide bonds. The van der Waals surface area contributed by atoms with E-state index >= 15 is 0 Å². The molecule has 1 aliphatic rings. The molecule has 2 rings (SSSR count). The van der Waals surface area contributed by atoms with Crippen LogP contribution in [0.15, 0.2) is 11.1 Å². The Morgan fingerprint density at radius 1 is 1.33 bits per heavy atom. The van der Waals surface area contributed by atoms with Crippen molar-refractivity contribution in [1.29, 1.82) is 0 Å². The summed E-state index contributed by atoms with van der Waals surface area (Å²) in [4.78, 5) is 8.75. The molecule has 1 N–H and O–H groups in total. The van der Waals surface area contributed by atoms with E-state index in [0.29, 0.717) is 0 Å². The van der Waals surface area contributed by atoms with E-state index in [2.05, 4.69) is 21.4 Å². The minimum absolute atomic E-state index is 0.732. The van der Waals surface area contributed by atoms with Crippen molar-refractivity contribution in [3.05, 3.63) is 11.8 Å². The number of hydrogen-bond donors (Lipinski definition) is 1. The van der Waals surface area contributed by atoms with Crippen LogP contribution >= 0.6 is 11.8 Å². The number of rotatable bonds is 3. The van der Waals surface area contributed by atoms with Gasteiger partial charge in [0.2, 0.25) is 5.95 Å². The maximum absolute atomic E-state index is 4.46. The number of anilines is 1. The molecule has 1 saturated carbocycles. The van der Waals surface area contributed by atoms with Crippen LogP contribution in [0.25, 0.3) is 0 Å². The van der Waals surface area contributed by atoms with E-state index in [4.69, 9.17) is 0 Å². The third kappa shape index (κ3) is 2.84. The van der Waals surface area contributed by atoms with Gasteiger partial charge in [0.1, 0.15) is 5.03 Å². The van der Waals surface area contributed by atoms with Gasteiger partial charge in [-0.05, 0) is 25.8 Å². The highest BCUT2D eigenvalue weighted by Crippen LogP contribution is 2.34. The van der Waals surface area contributed by atoms with E-state index in [1.165, 1.54) is 25.7 Å². The van der Waals surface area contributed by atoms with Crippen LogP contribution in [0.1, 0.15) is 31.4 Å². The van der Waals surface area contributed by atoms with Crippen molar-refractivity contribution in [2.75, 3.05) is 12.4 Å². The summed E-state index contributed by atoms with van der Waals surface area (Å²) in [7, 11) is 1.86. The molecule has 1 aliphatic carbocycles. The van der Waals surface area contributed by atoms with Gasteiger partial charge in [-0.15, -0.1) is 11.8 Å². The zero-order chi connectivity index (χ0) is 10.7. The molecule has 1 heterocycles. The Morgan fingerprint density at radius 2 is 2.07 bits per heavy atom. The molecule has 3 nitrogen and oxygen atoms in total. The molecule has 1 aromatic rings. The average molecular weight is 223 g/mol. The molecule has 1 aromatic heterocycles. The first kappa shape index (κ1) is 10.7. The van der Waals surface area contributed by atoms with Crippen LogP contribution < -0.4 is 5.32 Å². The van der Waals surface area contributed by atoms with E-state index in [-0.39, 0.29) is 0 Å². The van der Waals surface area contributed by atoms with Gasteiger partial charge in [-0.3, -0.25) is 0 Å². The Hall–Kier alpha value is -0.770. The van der Waals surface area contributed by atoms with Crippen LogP contribution in [0.5, 0.6) is 0 Å². The standard InChI is InChI=1S/C11H17N3S/c1-8-7-10(14-11(12-2)13-8)15-9-5-3-4-6-9/h7,9H,3-6H2,1-2H3,(H,12,13,14). The SMILES string of the molecule is CNc1nc(C)cc(SC2CCCC2)n1. The smallest absolute Gasteiger partial charge is 0.223 e. The van der Waals surface area contributed by atoms with Crippen LogP contribution in [-0.4, -0.2) is 22.3 Å². The number of nitrogens with zero attached hydrogens (tertiary/aromatic N) is 2. The first-order valence-corrected chi connectivity index (χ1v) is 6.36. The van der Waals surface area contributed by atoms with Crippen molar-refractivity contribution in [1.82, 2.24) is 9.97 Å².